The number of nitrogens with zero attached hydrogens (tertiary/aromatic N) is 2. The molecule has 0 N–H and O–H groups in total. The Morgan fingerprint density at radius 1 is 1.53 bits per heavy atom. The fraction of sp³-hybridized carbons (Fsp3) is 0.769. The number of ether oxygens (including phenoxy) is 1. The number of likely N-dealkylation sites (N-methyl/N-ethyl adjacent to an activating group) is 1. The van der Waals surface area contributed by atoms with E-state index < -0.39 is 0 Å². The highest BCUT2D eigenvalue weighted by Gasteiger charge is 2.23. The van der Waals surface area contributed by atoms with Crippen molar-refractivity contribution in [3.05, 3.63) is 12.2 Å². The van der Waals surface area contributed by atoms with Gasteiger partial charge in [-0.25, -0.2) is 4.79 Å². The second kappa shape index (κ2) is 7.45. The summed E-state index contributed by atoms with van der Waals surface area (Å²) in [7, 11) is 4.20. The summed E-state index contributed by atoms with van der Waals surface area (Å²) in [5.74, 6) is -0.240. The zero-order valence-corrected chi connectivity index (χ0v) is 11.2. The zero-order chi connectivity index (χ0) is 12.7. The van der Waals surface area contributed by atoms with Gasteiger partial charge in [0.25, 0.3) is 0 Å². The summed E-state index contributed by atoms with van der Waals surface area (Å²) >= 11 is 0. The van der Waals surface area contributed by atoms with E-state index in [9.17, 15) is 4.79 Å². The van der Waals surface area contributed by atoms with Crippen molar-refractivity contribution >= 4 is 5.97 Å². The van der Waals surface area contributed by atoms with Gasteiger partial charge in [0.05, 0.1) is 6.61 Å². The highest BCUT2D eigenvalue weighted by atomic mass is 16.5. The summed E-state index contributed by atoms with van der Waals surface area (Å²) in [6.45, 7) is 5.33. The lowest BCUT2D eigenvalue weighted by Gasteiger charge is -2.25. The molecule has 0 radical (unpaired) electrons. The Labute approximate surface area is 104 Å². The quantitative estimate of drug-likeness (QED) is 0.515. The van der Waals surface area contributed by atoms with Crippen LogP contribution < -0.4 is 0 Å². The molecule has 0 amide bonds. The summed E-state index contributed by atoms with van der Waals surface area (Å²) in [6, 6.07) is 0.622. The molecule has 0 aromatic carbocycles. The van der Waals surface area contributed by atoms with E-state index in [1.807, 2.05) is 13.0 Å². The van der Waals surface area contributed by atoms with Gasteiger partial charge in [-0.1, -0.05) is 6.08 Å². The predicted octanol–water partition coefficient (Wildman–Crippen LogP) is 1.13. The van der Waals surface area contributed by atoms with Crippen molar-refractivity contribution in [1.82, 2.24) is 9.80 Å². The highest BCUT2D eigenvalue weighted by molar-refractivity contribution is 5.81. The lowest BCUT2D eigenvalue weighted by atomic mass is 10.2. The third-order valence-electron chi connectivity index (χ3n) is 2.96. The number of carbonyl (C=O) groups excluding carboxylic acids is 1. The Morgan fingerprint density at radius 3 is 2.94 bits per heavy atom. The van der Waals surface area contributed by atoms with Gasteiger partial charge in [-0.2, -0.15) is 0 Å². The molecule has 1 unspecified atom stereocenters. The first-order valence-corrected chi connectivity index (χ1v) is 6.35. The van der Waals surface area contributed by atoms with Gasteiger partial charge in [-0.15, -0.1) is 0 Å². The van der Waals surface area contributed by atoms with E-state index in [-0.39, 0.29) is 5.97 Å². The molecule has 1 fully saturated rings. The molecule has 1 saturated heterocycles. The SMILES string of the molecule is CCOC(=O)/C=C/CN1CCCC1CN(C)C. The van der Waals surface area contributed by atoms with Crippen molar-refractivity contribution in [2.24, 2.45) is 0 Å². The van der Waals surface area contributed by atoms with E-state index in [1.54, 1.807) is 0 Å². The summed E-state index contributed by atoms with van der Waals surface area (Å²) in [6.07, 6.45) is 5.96. The van der Waals surface area contributed by atoms with Crippen LogP contribution in [-0.2, 0) is 9.53 Å². The topological polar surface area (TPSA) is 32.8 Å². The van der Waals surface area contributed by atoms with Crippen LogP contribution in [0.5, 0.6) is 0 Å². The average Bonchev–Trinajstić information content (AvgIpc) is 2.65. The molecule has 1 aliphatic rings. The zero-order valence-electron chi connectivity index (χ0n) is 11.2. The second-order valence-corrected chi connectivity index (χ2v) is 4.71. The minimum absolute atomic E-state index is 0.240. The van der Waals surface area contributed by atoms with Crippen molar-refractivity contribution in [3.8, 4) is 0 Å². The van der Waals surface area contributed by atoms with Crippen molar-refractivity contribution in [1.29, 1.82) is 0 Å². The maximum atomic E-state index is 11.1. The maximum absolute atomic E-state index is 11.1. The molecule has 0 aliphatic carbocycles. The van der Waals surface area contributed by atoms with E-state index in [4.69, 9.17) is 4.74 Å². The number of rotatable bonds is 6. The van der Waals surface area contributed by atoms with Crippen molar-refractivity contribution in [2.75, 3.05) is 40.3 Å². The molecule has 0 bridgehead atoms. The summed E-state index contributed by atoms with van der Waals surface area (Å²) in [5, 5.41) is 0. The first-order valence-electron chi connectivity index (χ1n) is 6.35. The van der Waals surface area contributed by atoms with Gasteiger partial charge in [0.15, 0.2) is 0 Å². The van der Waals surface area contributed by atoms with Crippen LogP contribution in [0.25, 0.3) is 0 Å². The Balaban J connectivity index is 2.32. The summed E-state index contributed by atoms with van der Waals surface area (Å²) in [4.78, 5) is 15.8. The molecule has 17 heavy (non-hydrogen) atoms. The number of carbonyl (C=O) groups is 1. The smallest absolute Gasteiger partial charge is 0.330 e. The Morgan fingerprint density at radius 2 is 2.29 bits per heavy atom. The molecule has 1 atom stereocenters. The van der Waals surface area contributed by atoms with E-state index in [2.05, 4.69) is 23.9 Å². The van der Waals surface area contributed by atoms with Crippen molar-refractivity contribution in [3.63, 3.8) is 0 Å². The van der Waals surface area contributed by atoms with Crippen molar-refractivity contribution < 1.29 is 9.53 Å². The van der Waals surface area contributed by atoms with E-state index in [1.165, 1.54) is 18.9 Å². The lowest BCUT2D eigenvalue weighted by Crippen LogP contribution is -2.37. The van der Waals surface area contributed by atoms with Crippen LogP contribution in [-0.4, -0.2) is 62.1 Å². The normalized spacial score (nSPS) is 21.5. The standard InChI is InChI=1S/C13H24N2O2/c1-4-17-13(16)8-6-10-15-9-5-7-12(15)11-14(2)3/h6,8,12H,4-5,7,9-11H2,1-3H3/b8-6+. The van der Waals surface area contributed by atoms with Gasteiger partial charge in [0, 0.05) is 25.2 Å². The lowest BCUT2D eigenvalue weighted by molar-refractivity contribution is -0.137. The molecule has 1 aliphatic heterocycles. The number of hydrogen-bond donors (Lipinski definition) is 0. The molecular weight excluding hydrogens is 216 g/mol. The molecule has 0 saturated carbocycles. The molecule has 1 heterocycles. The molecule has 0 spiro atoms. The average molecular weight is 240 g/mol. The first-order chi connectivity index (χ1) is 8.13. The van der Waals surface area contributed by atoms with Gasteiger partial charge in [-0.05, 0) is 40.4 Å². The molecule has 4 heteroatoms. The Bertz CT molecular complexity index is 264. The van der Waals surface area contributed by atoms with Gasteiger partial charge in [0.2, 0.25) is 0 Å². The Hall–Kier alpha value is -0.870. The molecule has 0 aromatic rings. The first kappa shape index (κ1) is 14.2. The van der Waals surface area contributed by atoms with E-state index in [0.717, 1.165) is 19.6 Å². The van der Waals surface area contributed by atoms with Gasteiger partial charge >= 0.3 is 5.97 Å². The van der Waals surface area contributed by atoms with Crippen LogP contribution in [0.2, 0.25) is 0 Å². The Kier molecular flexibility index (Phi) is 6.22. The van der Waals surface area contributed by atoms with E-state index in [0.29, 0.717) is 12.6 Å². The van der Waals surface area contributed by atoms with Crippen LogP contribution in [0.1, 0.15) is 19.8 Å². The highest BCUT2D eigenvalue weighted by Crippen LogP contribution is 2.17. The largest absolute Gasteiger partial charge is 0.463 e. The molecule has 98 valence electrons. The van der Waals surface area contributed by atoms with E-state index >= 15 is 0 Å². The van der Waals surface area contributed by atoms with Gasteiger partial charge in [-0.3, -0.25) is 4.90 Å². The van der Waals surface area contributed by atoms with Crippen LogP contribution >= 0.6 is 0 Å². The fourth-order valence-corrected chi connectivity index (χ4v) is 2.24. The second-order valence-electron chi connectivity index (χ2n) is 4.71. The maximum Gasteiger partial charge on any atom is 0.330 e. The summed E-state index contributed by atoms with van der Waals surface area (Å²) in [5.41, 5.74) is 0. The van der Waals surface area contributed by atoms with Crippen LogP contribution in [0.15, 0.2) is 12.2 Å². The number of likely N-dealkylation sites (tertiary alicyclic amines) is 1. The third-order valence-corrected chi connectivity index (χ3v) is 2.96. The molecule has 1 rings (SSSR count). The van der Waals surface area contributed by atoms with Gasteiger partial charge < -0.3 is 9.64 Å². The molecular formula is C13H24N2O2. The third kappa shape index (κ3) is 5.33. The van der Waals surface area contributed by atoms with Crippen LogP contribution in [0, 0.1) is 0 Å². The monoisotopic (exact) mass is 240 g/mol. The van der Waals surface area contributed by atoms with Crippen molar-refractivity contribution in [2.45, 2.75) is 25.8 Å². The minimum Gasteiger partial charge on any atom is -0.463 e. The summed E-state index contributed by atoms with van der Waals surface area (Å²) < 4.78 is 4.85. The number of esters is 1. The van der Waals surface area contributed by atoms with Gasteiger partial charge in [0.1, 0.15) is 0 Å². The van der Waals surface area contributed by atoms with Crippen LogP contribution in [0.3, 0.4) is 0 Å². The van der Waals surface area contributed by atoms with Crippen LogP contribution in [0.4, 0.5) is 0 Å². The fourth-order valence-electron chi connectivity index (χ4n) is 2.24. The minimum atomic E-state index is -0.240. The predicted molar refractivity (Wildman–Crippen MR) is 68.9 cm³/mol. The molecule has 0 aromatic heterocycles. The number of hydrogen-bond acceptors (Lipinski definition) is 4. The molecule has 4 nitrogen and oxygen atoms in total.